The van der Waals surface area contributed by atoms with Crippen molar-refractivity contribution in [1.82, 2.24) is 0 Å². The fraction of sp³-hybridized carbons (Fsp3) is 1.00. The quantitative estimate of drug-likeness (QED) is 0.129. The van der Waals surface area contributed by atoms with Gasteiger partial charge in [0.2, 0.25) is 0 Å². The molecule has 0 rings (SSSR count). The van der Waals surface area contributed by atoms with Gasteiger partial charge < -0.3 is 9.79 Å². The molecular formula is C14H12F19O3P. The average molecular weight is 620 g/mol. The van der Waals surface area contributed by atoms with E-state index >= 15 is 0 Å². The normalized spacial score (nSPS) is 16.4. The van der Waals surface area contributed by atoms with Crippen LogP contribution in [-0.2, 0) is 4.57 Å². The molecule has 0 radical (unpaired) electrons. The SMILES string of the molecule is O=P(O)(O)CCCCCC(F)(F)C(F)(F)C(F)(F)C(F)(F)C(F)(F)C(F)(F)C(F)(F)C(F)(F)C(F)(F)F. The summed E-state index contributed by atoms with van der Waals surface area (Å²) in [5.74, 6) is -66.8. The predicted octanol–water partition coefficient (Wildman–Crippen LogP) is 7.37. The van der Waals surface area contributed by atoms with Crippen molar-refractivity contribution in [2.75, 3.05) is 6.16 Å². The topological polar surface area (TPSA) is 57.5 Å². The molecule has 0 aromatic carbocycles. The standard InChI is InChI=1S/C14H12F19O3P/c15-6(16,4-2-1-3-5-37(34,35)36)7(17,18)8(19,20)9(21,22)10(23,24)11(25,26)12(27,28)13(29,30)14(31,32)33/h1-5H2,(H2,34,35,36). The lowest BCUT2D eigenvalue weighted by Gasteiger charge is -2.43. The molecule has 0 aromatic heterocycles. The zero-order valence-corrected chi connectivity index (χ0v) is 17.9. The Morgan fingerprint density at radius 2 is 0.730 bits per heavy atom. The zero-order chi connectivity index (χ0) is 30.5. The summed E-state index contributed by atoms with van der Waals surface area (Å²) >= 11 is 0. The molecule has 37 heavy (non-hydrogen) atoms. The molecular weight excluding hydrogens is 608 g/mol. The Balaban J connectivity index is 6.37. The third-order valence-electron chi connectivity index (χ3n) is 4.62. The van der Waals surface area contributed by atoms with Crippen molar-refractivity contribution in [3.63, 3.8) is 0 Å². The molecule has 0 aliphatic heterocycles. The molecule has 0 aliphatic rings. The van der Waals surface area contributed by atoms with Crippen LogP contribution in [0.25, 0.3) is 0 Å². The molecule has 23 heteroatoms. The van der Waals surface area contributed by atoms with E-state index in [1.807, 2.05) is 0 Å². The maximum atomic E-state index is 13.6. The summed E-state index contributed by atoms with van der Waals surface area (Å²) < 4.78 is 260. The zero-order valence-electron chi connectivity index (χ0n) is 17.0. The lowest BCUT2D eigenvalue weighted by Crippen LogP contribution is -2.75. The molecule has 0 saturated heterocycles. The van der Waals surface area contributed by atoms with E-state index in [1.54, 1.807) is 0 Å². The van der Waals surface area contributed by atoms with Crippen molar-refractivity contribution >= 4 is 7.60 Å². The maximum absolute atomic E-state index is 13.6. The van der Waals surface area contributed by atoms with Gasteiger partial charge in [-0.2, -0.15) is 83.4 Å². The third-order valence-corrected chi connectivity index (χ3v) is 5.52. The second-order valence-corrected chi connectivity index (χ2v) is 9.20. The van der Waals surface area contributed by atoms with Gasteiger partial charge in [-0.1, -0.05) is 6.42 Å². The lowest BCUT2D eigenvalue weighted by atomic mass is 9.86. The van der Waals surface area contributed by atoms with Crippen molar-refractivity contribution in [1.29, 1.82) is 0 Å². The third kappa shape index (κ3) is 5.74. The molecule has 0 saturated carbocycles. The molecule has 3 nitrogen and oxygen atoms in total. The Morgan fingerprint density at radius 1 is 0.432 bits per heavy atom. The smallest absolute Gasteiger partial charge is 0.324 e. The van der Waals surface area contributed by atoms with Gasteiger partial charge in [0.1, 0.15) is 0 Å². The van der Waals surface area contributed by atoms with Gasteiger partial charge in [0.05, 0.1) is 0 Å². The highest BCUT2D eigenvalue weighted by Crippen LogP contribution is 2.65. The molecule has 224 valence electrons. The average Bonchev–Trinajstić information content (AvgIpc) is 2.64. The second kappa shape index (κ2) is 9.78. The van der Waals surface area contributed by atoms with E-state index in [9.17, 15) is 88.0 Å². The van der Waals surface area contributed by atoms with Crippen molar-refractivity contribution in [3.8, 4) is 0 Å². The number of halogens is 19. The molecule has 0 fully saturated rings. The monoisotopic (exact) mass is 620 g/mol. The highest BCUT2D eigenvalue weighted by Gasteiger charge is 2.96. The molecule has 0 atom stereocenters. The van der Waals surface area contributed by atoms with Crippen molar-refractivity contribution in [2.45, 2.75) is 79.2 Å². The Hall–Kier alpha value is -1.18. The van der Waals surface area contributed by atoms with Gasteiger partial charge in [0.25, 0.3) is 0 Å². The summed E-state index contributed by atoms with van der Waals surface area (Å²) in [6, 6.07) is 0. The summed E-state index contributed by atoms with van der Waals surface area (Å²) in [5.41, 5.74) is 0. The fourth-order valence-corrected chi connectivity index (χ4v) is 3.03. The first-order valence-corrected chi connectivity index (χ1v) is 10.6. The van der Waals surface area contributed by atoms with Crippen LogP contribution in [0.5, 0.6) is 0 Å². The first kappa shape index (κ1) is 35.8. The van der Waals surface area contributed by atoms with Crippen molar-refractivity contribution in [2.24, 2.45) is 0 Å². The molecule has 0 aliphatic carbocycles. The Morgan fingerprint density at radius 3 is 1.03 bits per heavy atom. The highest BCUT2D eigenvalue weighted by atomic mass is 31.2. The van der Waals surface area contributed by atoms with Crippen LogP contribution in [0.4, 0.5) is 83.4 Å². The summed E-state index contributed by atoms with van der Waals surface area (Å²) in [6.07, 6.45) is -14.9. The molecule has 0 aromatic rings. The summed E-state index contributed by atoms with van der Waals surface area (Å²) in [7, 11) is -4.79. The van der Waals surface area contributed by atoms with Gasteiger partial charge in [-0.15, -0.1) is 0 Å². The highest BCUT2D eigenvalue weighted by molar-refractivity contribution is 7.51. The fourth-order valence-electron chi connectivity index (χ4n) is 2.39. The number of unbranched alkanes of at least 4 members (excludes halogenated alkanes) is 2. The Bertz CT molecular complexity index is 843. The van der Waals surface area contributed by atoms with Gasteiger partial charge >= 0.3 is 61.2 Å². The summed E-state index contributed by atoms with van der Waals surface area (Å²) in [6.45, 7) is 0. The second-order valence-electron chi connectivity index (χ2n) is 7.42. The van der Waals surface area contributed by atoms with E-state index in [0.717, 1.165) is 0 Å². The first-order chi connectivity index (χ1) is 15.7. The van der Waals surface area contributed by atoms with Crippen LogP contribution in [0.1, 0.15) is 25.7 Å². The predicted molar refractivity (Wildman–Crippen MR) is 81.0 cm³/mol. The van der Waals surface area contributed by atoms with Crippen molar-refractivity contribution in [3.05, 3.63) is 0 Å². The van der Waals surface area contributed by atoms with E-state index in [4.69, 9.17) is 9.79 Å². The minimum Gasteiger partial charge on any atom is -0.324 e. The Labute approximate surface area is 192 Å². The number of hydrogen-bond donors (Lipinski definition) is 2. The Kier molecular flexibility index (Phi) is 9.47. The van der Waals surface area contributed by atoms with Crippen LogP contribution in [0.3, 0.4) is 0 Å². The molecule has 2 N–H and O–H groups in total. The van der Waals surface area contributed by atoms with Crippen LogP contribution in [0.15, 0.2) is 0 Å². The molecule has 0 spiro atoms. The van der Waals surface area contributed by atoms with Crippen LogP contribution < -0.4 is 0 Å². The first-order valence-electron chi connectivity index (χ1n) is 8.84. The largest absolute Gasteiger partial charge is 0.460 e. The lowest BCUT2D eigenvalue weighted by molar-refractivity contribution is -0.468. The van der Waals surface area contributed by atoms with Crippen molar-refractivity contribution < 1.29 is 97.8 Å². The number of rotatable bonds is 13. The van der Waals surface area contributed by atoms with Crippen LogP contribution in [0.2, 0.25) is 0 Å². The van der Waals surface area contributed by atoms with Crippen LogP contribution in [-0.4, -0.2) is 69.5 Å². The molecule has 0 unspecified atom stereocenters. The summed E-state index contributed by atoms with van der Waals surface area (Å²) in [4.78, 5) is 16.9. The van der Waals surface area contributed by atoms with Gasteiger partial charge in [0.15, 0.2) is 0 Å². The number of hydrogen-bond acceptors (Lipinski definition) is 1. The maximum Gasteiger partial charge on any atom is 0.460 e. The minimum atomic E-state index is -8.95. The van der Waals surface area contributed by atoms with Gasteiger partial charge in [0, 0.05) is 12.6 Å². The summed E-state index contributed by atoms with van der Waals surface area (Å²) in [5, 5.41) is 0. The molecule has 0 bridgehead atoms. The molecule has 0 heterocycles. The van der Waals surface area contributed by atoms with E-state index in [1.165, 1.54) is 0 Å². The minimum absolute atomic E-state index is 0.786. The van der Waals surface area contributed by atoms with Crippen LogP contribution in [0, 0.1) is 0 Å². The van der Waals surface area contributed by atoms with E-state index < -0.39 is 93.0 Å². The van der Waals surface area contributed by atoms with Gasteiger partial charge in [-0.25, -0.2) is 0 Å². The van der Waals surface area contributed by atoms with E-state index in [-0.39, 0.29) is 0 Å². The van der Waals surface area contributed by atoms with E-state index in [2.05, 4.69) is 0 Å². The van der Waals surface area contributed by atoms with Crippen LogP contribution >= 0.6 is 7.60 Å². The van der Waals surface area contributed by atoms with E-state index in [0.29, 0.717) is 0 Å². The molecule has 0 amide bonds. The number of alkyl halides is 19. The van der Waals surface area contributed by atoms with Gasteiger partial charge in [-0.3, -0.25) is 4.57 Å². The van der Waals surface area contributed by atoms with Gasteiger partial charge in [-0.05, 0) is 12.8 Å².